The molecule has 0 aliphatic carbocycles. The lowest BCUT2D eigenvalue weighted by Gasteiger charge is -2.18. The van der Waals surface area contributed by atoms with Gasteiger partial charge in [-0.15, -0.1) is 11.8 Å². The molecule has 0 unspecified atom stereocenters. The zero-order valence-electron chi connectivity index (χ0n) is 15.3. The van der Waals surface area contributed by atoms with Gasteiger partial charge in [0.1, 0.15) is 18.8 Å². The molecule has 0 bridgehead atoms. The number of carbonyl (C=O) groups excluding carboxylic acids is 3. The van der Waals surface area contributed by atoms with Crippen molar-refractivity contribution in [3.05, 3.63) is 46.9 Å². The first-order valence-corrected chi connectivity index (χ1v) is 9.66. The number of alkyl carbamates (subject to hydrolysis) is 1. The molecular weight excluding hydrogens is 370 g/mol. The molecule has 0 fully saturated rings. The number of ether oxygens (including phenoxy) is 3. The Balaban J connectivity index is 1.97. The molecule has 0 saturated heterocycles. The van der Waals surface area contributed by atoms with Gasteiger partial charge in [0.15, 0.2) is 0 Å². The standard InChI is InChI=1S/C19H23NO6S/c1-3-24-18(22)16-10-9-13(2)26-17(21)15(12-27-16)20-19(23)25-11-14-7-5-4-6-8-14/h4-8,10,13,15H,3,9,11-12H2,1-2H3,(H,20,23)/b16-10-/t13-,15-/m1/s1. The quantitative estimate of drug-likeness (QED) is 0.607. The van der Waals surface area contributed by atoms with Gasteiger partial charge in [-0.2, -0.15) is 0 Å². The second-order valence-electron chi connectivity index (χ2n) is 5.84. The third-order valence-electron chi connectivity index (χ3n) is 3.62. The molecule has 1 aliphatic heterocycles. The maximum atomic E-state index is 12.3. The third kappa shape index (κ3) is 6.97. The number of cyclic esters (lactones) is 1. The maximum Gasteiger partial charge on any atom is 0.408 e. The van der Waals surface area contributed by atoms with Crippen molar-refractivity contribution in [1.82, 2.24) is 5.32 Å². The van der Waals surface area contributed by atoms with E-state index in [0.29, 0.717) is 11.3 Å². The first-order chi connectivity index (χ1) is 13.0. The molecule has 0 spiro atoms. The monoisotopic (exact) mass is 393 g/mol. The first-order valence-electron chi connectivity index (χ1n) is 8.67. The summed E-state index contributed by atoms with van der Waals surface area (Å²) in [4.78, 5) is 36.8. The Kier molecular flexibility index (Phi) is 8.19. The van der Waals surface area contributed by atoms with Crippen molar-refractivity contribution in [3.8, 4) is 0 Å². The first kappa shape index (κ1) is 20.8. The van der Waals surface area contributed by atoms with Crippen molar-refractivity contribution in [3.63, 3.8) is 0 Å². The van der Waals surface area contributed by atoms with Crippen LogP contribution in [0.5, 0.6) is 0 Å². The van der Waals surface area contributed by atoms with Gasteiger partial charge in [-0.05, 0) is 19.4 Å². The fourth-order valence-electron chi connectivity index (χ4n) is 2.25. The molecule has 1 amide bonds. The Morgan fingerprint density at radius 2 is 2.00 bits per heavy atom. The van der Waals surface area contributed by atoms with Gasteiger partial charge < -0.3 is 19.5 Å². The van der Waals surface area contributed by atoms with Gasteiger partial charge >= 0.3 is 18.0 Å². The average Bonchev–Trinajstić information content (AvgIpc) is 2.71. The van der Waals surface area contributed by atoms with Gasteiger partial charge in [0.2, 0.25) is 0 Å². The normalized spacial score (nSPS) is 22.1. The number of hydrogen-bond donors (Lipinski definition) is 1. The highest BCUT2D eigenvalue weighted by Gasteiger charge is 2.28. The van der Waals surface area contributed by atoms with Gasteiger partial charge in [0, 0.05) is 12.2 Å². The molecule has 1 aliphatic rings. The van der Waals surface area contributed by atoms with E-state index >= 15 is 0 Å². The fourth-order valence-corrected chi connectivity index (χ4v) is 3.21. The Morgan fingerprint density at radius 1 is 1.26 bits per heavy atom. The number of rotatable bonds is 5. The zero-order chi connectivity index (χ0) is 19.6. The molecule has 2 atom stereocenters. The lowest BCUT2D eigenvalue weighted by molar-refractivity contribution is -0.149. The number of thioether (sulfide) groups is 1. The van der Waals surface area contributed by atoms with Gasteiger partial charge in [-0.25, -0.2) is 14.4 Å². The minimum absolute atomic E-state index is 0.0893. The van der Waals surface area contributed by atoms with Crippen molar-refractivity contribution < 1.29 is 28.6 Å². The Morgan fingerprint density at radius 3 is 2.70 bits per heavy atom. The largest absolute Gasteiger partial charge is 0.462 e. The van der Waals surface area contributed by atoms with Crippen LogP contribution >= 0.6 is 11.8 Å². The Hall–Kier alpha value is -2.48. The van der Waals surface area contributed by atoms with Crippen LogP contribution in [0.2, 0.25) is 0 Å². The lowest BCUT2D eigenvalue weighted by atomic mass is 10.2. The number of hydrogen-bond acceptors (Lipinski definition) is 7. The summed E-state index contributed by atoms with van der Waals surface area (Å²) in [6.45, 7) is 3.79. The molecule has 7 nitrogen and oxygen atoms in total. The van der Waals surface area contributed by atoms with Gasteiger partial charge in [0.05, 0.1) is 11.5 Å². The summed E-state index contributed by atoms with van der Waals surface area (Å²) in [5, 5.41) is 2.51. The van der Waals surface area contributed by atoms with E-state index in [4.69, 9.17) is 14.2 Å². The highest BCUT2D eigenvalue weighted by Crippen LogP contribution is 2.22. The molecule has 1 heterocycles. The number of esters is 2. The zero-order valence-corrected chi connectivity index (χ0v) is 16.1. The molecular formula is C19H23NO6S. The lowest BCUT2D eigenvalue weighted by Crippen LogP contribution is -2.44. The van der Waals surface area contributed by atoms with Crippen molar-refractivity contribution in [1.29, 1.82) is 0 Å². The van der Waals surface area contributed by atoms with E-state index in [1.54, 1.807) is 19.9 Å². The smallest absolute Gasteiger partial charge is 0.408 e. The highest BCUT2D eigenvalue weighted by atomic mass is 32.2. The predicted molar refractivity (Wildman–Crippen MR) is 101 cm³/mol. The number of nitrogens with one attached hydrogen (secondary N) is 1. The summed E-state index contributed by atoms with van der Waals surface area (Å²) in [6.07, 6.45) is 0.926. The van der Waals surface area contributed by atoms with E-state index in [1.807, 2.05) is 30.3 Å². The molecule has 1 N–H and O–H groups in total. The van der Waals surface area contributed by atoms with Crippen LogP contribution in [0, 0.1) is 0 Å². The van der Waals surface area contributed by atoms with Crippen LogP contribution in [-0.2, 0) is 30.4 Å². The SMILES string of the molecule is CCOC(=O)/C1=C/C[C@@H](C)OC(=O)[C@H](NC(=O)OCc2ccccc2)CS1. The van der Waals surface area contributed by atoms with E-state index in [1.165, 1.54) is 0 Å². The number of benzene rings is 1. The average molecular weight is 393 g/mol. The van der Waals surface area contributed by atoms with Crippen molar-refractivity contribution in [2.75, 3.05) is 12.4 Å². The Bertz CT molecular complexity index is 691. The number of carbonyl (C=O) groups is 3. The summed E-state index contributed by atoms with van der Waals surface area (Å²) in [5.41, 5.74) is 0.834. The summed E-state index contributed by atoms with van der Waals surface area (Å²) >= 11 is 1.14. The minimum Gasteiger partial charge on any atom is -0.462 e. The summed E-state index contributed by atoms with van der Waals surface area (Å²) < 4.78 is 15.5. The second kappa shape index (κ2) is 10.6. The molecule has 146 valence electrons. The third-order valence-corrected chi connectivity index (χ3v) is 4.77. The van der Waals surface area contributed by atoms with Crippen LogP contribution in [0.4, 0.5) is 4.79 Å². The van der Waals surface area contributed by atoms with Crippen LogP contribution < -0.4 is 5.32 Å². The van der Waals surface area contributed by atoms with E-state index in [2.05, 4.69) is 5.32 Å². The van der Waals surface area contributed by atoms with Crippen molar-refractivity contribution in [2.24, 2.45) is 0 Å². The van der Waals surface area contributed by atoms with Gasteiger partial charge in [-0.3, -0.25) is 0 Å². The van der Waals surface area contributed by atoms with Crippen LogP contribution in [0.15, 0.2) is 41.3 Å². The summed E-state index contributed by atoms with van der Waals surface area (Å²) in [7, 11) is 0. The van der Waals surface area contributed by atoms with E-state index < -0.39 is 30.2 Å². The Labute approximate surface area is 162 Å². The summed E-state index contributed by atoms with van der Waals surface area (Å²) in [5.74, 6) is -0.879. The fraction of sp³-hybridized carbons (Fsp3) is 0.421. The van der Waals surface area contributed by atoms with E-state index in [0.717, 1.165) is 17.3 Å². The molecule has 0 saturated carbocycles. The molecule has 8 heteroatoms. The molecule has 1 aromatic rings. The molecule has 0 radical (unpaired) electrons. The molecule has 2 rings (SSSR count). The van der Waals surface area contributed by atoms with E-state index in [-0.39, 0.29) is 19.0 Å². The molecule has 1 aromatic carbocycles. The van der Waals surface area contributed by atoms with E-state index in [9.17, 15) is 14.4 Å². The van der Waals surface area contributed by atoms with Crippen LogP contribution in [0.3, 0.4) is 0 Å². The van der Waals surface area contributed by atoms with Crippen molar-refractivity contribution in [2.45, 2.75) is 39.0 Å². The van der Waals surface area contributed by atoms with Gasteiger partial charge in [0.25, 0.3) is 0 Å². The molecule has 0 aromatic heterocycles. The highest BCUT2D eigenvalue weighted by molar-refractivity contribution is 8.04. The van der Waals surface area contributed by atoms with Crippen molar-refractivity contribution >= 4 is 29.8 Å². The maximum absolute atomic E-state index is 12.3. The predicted octanol–water partition coefficient (Wildman–Crippen LogP) is 2.80. The second-order valence-corrected chi connectivity index (χ2v) is 6.90. The van der Waals surface area contributed by atoms with Crippen LogP contribution in [-0.4, -0.2) is 42.5 Å². The van der Waals surface area contributed by atoms with Gasteiger partial charge in [-0.1, -0.05) is 36.4 Å². The summed E-state index contributed by atoms with van der Waals surface area (Å²) in [6, 6.07) is 8.27. The van der Waals surface area contributed by atoms with Crippen LogP contribution in [0.25, 0.3) is 0 Å². The number of amides is 1. The minimum atomic E-state index is -0.934. The van der Waals surface area contributed by atoms with Crippen LogP contribution in [0.1, 0.15) is 25.8 Å². The molecule has 27 heavy (non-hydrogen) atoms. The topological polar surface area (TPSA) is 90.9 Å².